The van der Waals surface area contributed by atoms with Crippen molar-refractivity contribution in [2.45, 2.75) is 33.3 Å². The van der Waals surface area contributed by atoms with Crippen LogP contribution >= 0.6 is 0 Å². The van der Waals surface area contributed by atoms with E-state index >= 15 is 0 Å². The molecule has 5 nitrogen and oxygen atoms in total. The van der Waals surface area contributed by atoms with Crippen molar-refractivity contribution in [1.29, 1.82) is 0 Å². The molecule has 27 heavy (non-hydrogen) atoms. The molecule has 3 rings (SSSR count). The van der Waals surface area contributed by atoms with Crippen LogP contribution in [0.2, 0.25) is 0 Å². The van der Waals surface area contributed by atoms with Crippen LogP contribution in [0.4, 0.5) is 10.5 Å². The highest BCUT2D eigenvalue weighted by Gasteiger charge is 2.22. The first-order valence-corrected chi connectivity index (χ1v) is 8.92. The Bertz CT molecular complexity index is 961. The van der Waals surface area contributed by atoms with Crippen molar-refractivity contribution in [3.63, 3.8) is 0 Å². The molecule has 0 unspecified atom stereocenters. The zero-order valence-electron chi connectivity index (χ0n) is 16.0. The Morgan fingerprint density at radius 1 is 0.889 bits per heavy atom. The Balaban J connectivity index is 2.26. The van der Waals surface area contributed by atoms with Crippen LogP contribution in [0.3, 0.4) is 0 Å². The molecular formula is C22H23NO4. The van der Waals surface area contributed by atoms with Crippen LogP contribution in [0, 0.1) is 0 Å². The molecule has 5 heteroatoms. The van der Waals surface area contributed by atoms with Gasteiger partial charge in [-0.05, 0) is 38.5 Å². The van der Waals surface area contributed by atoms with Gasteiger partial charge in [-0.1, -0.05) is 48.5 Å². The van der Waals surface area contributed by atoms with Gasteiger partial charge in [0.15, 0.2) is 0 Å². The predicted octanol–water partition coefficient (Wildman–Crippen LogP) is 5.52. The number of amides is 1. The quantitative estimate of drug-likeness (QED) is 0.490. The minimum atomic E-state index is -0.611. The van der Waals surface area contributed by atoms with Gasteiger partial charge in [0.05, 0.1) is 17.9 Å². The van der Waals surface area contributed by atoms with Crippen LogP contribution in [-0.2, 0) is 9.47 Å². The largest absolute Gasteiger partial charge is 0.462 e. The first-order valence-electron chi connectivity index (χ1n) is 8.92. The second-order valence-electron chi connectivity index (χ2n) is 7.19. The molecule has 1 amide bonds. The van der Waals surface area contributed by atoms with E-state index in [0.717, 1.165) is 21.5 Å². The number of esters is 1. The Morgan fingerprint density at radius 2 is 1.37 bits per heavy atom. The minimum absolute atomic E-state index is 0.291. The standard InChI is InChI=1S/C22H23NO4/c1-5-26-20(24)18-14-10-6-8-12-16(14)19(17-13-9-7-11-15(17)18)23-21(25)27-22(2,3)4/h6-13H,5H2,1-4H3,(H,23,25). The van der Waals surface area contributed by atoms with E-state index in [4.69, 9.17) is 9.47 Å². The lowest BCUT2D eigenvalue weighted by Crippen LogP contribution is -2.27. The molecule has 0 bridgehead atoms. The minimum Gasteiger partial charge on any atom is -0.462 e. The Morgan fingerprint density at radius 3 is 1.81 bits per heavy atom. The SMILES string of the molecule is CCOC(=O)c1c2ccccc2c(NC(=O)OC(C)(C)C)c2ccccc12. The average Bonchev–Trinajstić information content (AvgIpc) is 2.60. The van der Waals surface area contributed by atoms with Gasteiger partial charge in [0.25, 0.3) is 0 Å². The molecule has 0 spiro atoms. The van der Waals surface area contributed by atoms with Gasteiger partial charge >= 0.3 is 12.1 Å². The summed E-state index contributed by atoms with van der Waals surface area (Å²) in [4.78, 5) is 25.1. The smallest absolute Gasteiger partial charge is 0.412 e. The molecule has 0 saturated carbocycles. The molecule has 0 heterocycles. The van der Waals surface area contributed by atoms with Gasteiger partial charge in [0, 0.05) is 10.8 Å². The van der Waals surface area contributed by atoms with Crippen LogP contribution < -0.4 is 5.32 Å². The second kappa shape index (κ2) is 7.27. The number of nitrogens with one attached hydrogen (secondary N) is 1. The fourth-order valence-electron chi connectivity index (χ4n) is 3.09. The van der Waals surface area contributed by atoms with E-state index in [1.165, 1.54) is 0 Å². The highest BCUT2D eigenvalue weighted by atomic mass is 16.6. The molecule has 3 aromatic carbocycles. The number of benzene rings is 3. The molecule has 0 aliphatic rings. The van der Waals surface area contributed by atoms with E-state index < -0.39 is 11.7 Å². The average molecular weight is 365 g/mol. The molecule has 0 fully saturated rings. The summed E-state index contributed by atoms with van der Waals surface area (Å²) >= 11 is 0. The Hall–Kier alpha value is -3.08. The molecule has 0 aromatic heterocycles. The van der Waals surface area contributed by atoms with Gasteiger partial charge in [0.1, 0.15) is 5.60 Å². The Labute approximate surface area is 158 Å². The maximum atomic E-state index is 12.7. The van der Waals surface area contributed by atoms with Crippen LogP contribution in [0.5, 0.6) is 0 Å². The van der Waals surface area contributed by atoms with Crippen molar-refractivity contribution in [2.24, 2.45) is 0 Å². The van der Waals surface area contributed by atoms with Crippen LogP contribution in [0.25, 0.3) is 21.5 Å². The van der Waals surface area contributed by atoms with Crippen molar-refractivity contribution in [1.82, 2.24) is 0 Å². The second-order valence-corrected chi connectivity index (χ2v) is 7.19. The van der Waals surface area contributed by atoms with Crippen LogP contribution in [0.1, 0.15) is 38.1 Å². The summed E-state index contributed by atoms with van der Waals surface area (Å²) in [5, 5.41) is 5.82. The maximum Gasteiger partial charge on any atom is 0.412 e. The number of carbonyl (C=O) groups excluding carboxylic acids is 2. The van der Waals surface area contributed by atoms with E-state index in [1.54, 1.807) is 6.92 Å². The molecule has 0 aliphatic carbocycles. The highest BCUT2D eigenvalue weighted by molar-refractivity contribution is 6.24. The predicted molar refractivity (Wildman–Crippen MR) is 107 cm³/mol. The van der Waals surface area contributed by atoms with Crippen molar-refractivity contribution in [2.75, 3.05) is 11.9 Å². The fraction of sp³-hybridized carbons (Fsp3) is 0.273. The van der Waals surface area contributed by atoms with Gasteiger partial charge in [-0.15, -0.1) is 0 Å². The summed E-state index contributed by atoms with van der Waals surface area (Å²) in [5.74, 6) is -0.381. The van der Waals surface area contributed by atoms with Crippen molar-refractivity contribution in [3.8, 4) is 0 Å². The zero-order valence-corrected chi connectivity index (χ0v) is 16.0. The topological polar surface area (TPSA) is 64.6 Å². The lowest BCUT2D eigenvalue weighted by Gasteiger charge is -2.21. The van der Waals surface area contributed by atoms with E-state index in [2.05, 4.69) is 5.32 Å². The molecule has 140 valence electrons. The van der Waals surface area contributed by atoms with Gasteiger partial charge in [-0.3, -0.25) is 5.32 Å². The third-order valence-electron chi connectivity index (χ3n) is 4.04. The monoisotopic (exact) mass is 365 g/mol. The molecule has 0 saturated heterocycles. The van der Waals surface area contributed by atoms with Crippen molar-refractivity contribution < 1.29 is 19.1 Å². The van der Waals surface area contributed by atoms with E-state index in [0.29, 0.717) is 17.9 Å². The summed E-state index contributed by atoms with van der Waals surface area (Å²) in [6.07, 6.45) is -0.540. The van der Waals surface area contributed by atoms with E-state index in [9.17, 15) is 9.59 Å². The summed E-state index contributed by atoms with van der Waals surface area (Å²) in [6, 6.07) is 14.9. The number of fused-ring (bicyclic) bond motifs is 2. The third-order valence-corrected chi connectivity index (χ3v) is 4.04. The molecule has 0 aliphatic heterocycles. The maximum absolute atomic E-state index is 12.7. The van der Waals surface area contributed by atoms with Gasteiger partial charge in [0.2, 0.25) is 0 Å². The first kappa shape index (κ1) is 18.7. The van der Waals surface area contributed by atoms with Crippen molar-refractivity contribution in [3.05, 3.63) is 54.1 Å². The number of ether oxygens (including phenoxy) is 2. The lowest BCUT2D eigenvalue weighted by molar-refractivity contribution is 0.0530. The number of hydrogen-bond acceptors (Lipinski definition) is 4. The van der Waals surface area contributed by atoms with Crippen molar-refractivity contribution >= 4 is 39.3 Å². The van der Waals surface area contributed by atoms with E-state index in [-0.39, 0.29) is 5.97 Å². The van der Waals surface area contributed by atoms with Crippen LogP contribution in [0.15, 0.2) is 48.5 Å². The summed E-state index contributed by atoms with van der Waals surface area (Å²) in [6.45, 7) is 7.51. The van der Waals surface area contributed by atoms with Crippen LogP contribution in [-0.4, -0.2) is 24.3 Å². The summed E-state index contributed by atoms with van der Waals surface area (Å²) < 4.78 is 10.7. The first-order chi connectivity index (χ1) is 12.8. The van der Waals surface area contributed by atoms with Gasteiger partial charge in [-0.25, -0.2) is 9.59 Å². The molecule has 3 aromatic rings. The normalized spacial score (nSPS) is 11.4. The molecule has 0 radical (unpaired) electrons. The number of rotatable bonds is 3. The molecule has 0 atom stereocenters. The number of anilines is 1. The van der Waals surface area contributed by atoms with Gasteiger partial charge in [-0.2, -0.15) is 0 Å². The van der Waals surface area contributed by atoms with E-state index in [1.807, 2.05) is 69.3 Å². The Kier molecular flexibility index (Phi) is 5.04. The summed E-state index contributed by atoms with van der Waals surface area (Å²) in [7, 11) is 0. The molecular weight excluding hydrogens is 342 g/mol. The lowest BCUT2D eigenvalue weighted by atomic mass is 9.94. The highest BCUT2D eigenvalue weighted by Crippen LogP contribution is 2.37. The zero-order chi connectivity index (χ0) is 19.6. The fourth-order valence-corrected chi connectivity index (χ4v) is 3.09. The van der Waals surface area contributed by atoms with Gasteiger partial charge < -0.3 is 9.47 Å². The molecule has 1 N–H and O–H groups in total. The number of hydrogen-bond donors (Lipinski definition) is 1. The summed E-state index contributed by atoms with van der Waals surface area (Å²) in [5.41, 5.74) is 0.502. The number of carbonyl (C=O) groups is 2. The third kappa shape index (κ3) is 3.87.